The normalized spacial score (nSPS) is 10.7. The average molecular weight is 269 g/mol. The summed E-state index contributed by atoms with van der Waals surface area (Å²) in [4.78, 5) is 0. The maximum atomic E-state index is 5.14. The summed E-state index contributed by atoms with van der Waals surface area (Å²) in [5.41, 5.74) is 1.99. The van der Waals surface area contributed by atoms with Gasteiger partial charge in [0.05, 0.1) is 7.11 Å². The Labute approximate surface area is 116 Å². The van der Waals surface area contributed by atoms with Crippen LogP contribution in [-0.2, 0) is 6.42 Å². The van der Waals surface area contributed by atoms with Gasteiger partial charge in [-0.3, -0.25) is 0 Å². The van der Waals surface area contributed by atoms with Crippen molar-refractivity contribution in [3.05, 3.63) is 48.3 Å². The predicted octanol–water partition coefficient (Wildman–Crippen LogP) is 1.79. The highest BCUT2D eigenvalue weighted by Crippen LogP contribution is 2.12. The molecule has 0 saturated carbocycles. The Morgan fingerprint density at radius 2 is 2.00 bits per heavy atom. The zero-order chi connectivity index (χ0) is 13.8. The Morgan fingerprint density at radius 3 is 2.80 bits per heavy atom. The van der Waals surface area contributed by atoms with Crippen molar-refractivity contribution in [2.24, 2.45) is 0 Å². The third kappa shape index (κ3) is 2.69. The van der Waals surface area contributed by atoms with E-state index in [9.17, 15) is 0 Å². The molecule has 2 aromatic heterocycles. The molecule has 0 saturated heterocycles. The molecule has 0 aliphatic heterocycles. The summed E-state index contributed by atoms with van der Waals surface area (Å²) in [6.45, 7) is 0.812. The van der Waals surface area contributed by atoms with Crippen LogP contribution in [-0.4, -0.2) is 33.5 Å². The predicted molar refractivity (Wildman–Crippen MR) is 76.0 cm³/mol. The quantitative estimate of drug-likeness (QED) is 0.765. The summed E-state index contributed by atoms with van der Waals surface area (Å²) in [6, 6.07) is 11.9. The van der Waals surface area contributed by atoms with Gasteiger partial charge in [-0.15, -0.1) is 15.3 Å². The van der Waals surface area contributed by atoms with E-state index >= 15 is 0 Å². The van der Waals surface area contributed by atoms with E-state index in [1.54, 1.807) is 18.0 Å². The minimum Gasteiger partial charge on any atom is -0.497 e. The van der Waals surface area contributed by atoms with Crippen molar-refractivity contribution < 1.29 is 4.74 Å². The lowest BCUT2D eigenvalue weighted by Crippen LogP contribution is -2.07. The van der Waals surface area contributed by atoms with Gasteiger partial charge >= 0.3 is 0 Å². The Hall–Kier alpha value is -2.63. The molecule has 0 radical (unpaired) electrons. The van der Waals surface area contributed by atoms with Gasteiger partial charge in [-0.25, -0.2) is 0 Å². The lowest BCUT2D eigenvalue weighted by atomic mass is 10.1. The monoisotopic (exact) mass is 269 g/mol. The lowest BCUT2D eigenvalue weighted by molar-refractivity contribution is 0.414. The van der Waals surface area contributed by atoms with Gasteiger partial charge in [0.1, 0.15) is 17.9 Å². The summed E-state index contributed by atoms with van der Waals surface area (Å²) in [5.74, 6) is 1.69. The minimum absolute atomic E-state index is 0.741. The number of benzene rings is 1. The summed E-state index contributed by atoms with van der Waals surface area (Å²) in [6.07, 6.45) is 2.51. The molecule has 3 aromatic rings. The number of hydrogen-bond acceptors (Lipinski definition) is 5. The van der Waals surface area contributed by atoms with Crippen LogP contribution in [0.4, 0.5) is 5.82 Å². The molecule has 20 heavy (non-hydrogen) atoms. The van der Waals surface area contributed by atoms with Crippen LogP contribution in [0.1, 0.15) is 5.56 Å². The fourth-order valence-corrected chi connectivity index (χ4v) is 1.95. The Kier molecular flexibility index (Phi) is 3.45. The zero-order valence-electron chi connectivity index (χ0n) is 11.2. The molecule has 3 rings (SSSR count). The fraction of sp³-hybridized carbons (Fsp3) is 0.214. The van der Waals surface area contributed by atoms with E-state index in [0.29, 0.717) is 0 Å². The highest BCUT2D eigenvalue weighted by molar-refractivity contribution is 5.43. The number of anilines is 1. The van der Waals surface area contributed by atoms with E-state index in [0.717, 1.165) is 30.2 Å². The van der Waals surface area contributed by atoms with Crippen molar-refractivity contribution in [1.82, 2.24) is 19.8 Å². The van der Waals surface area contributed by atoms with Crippen molar-refractivity contribution >= 4 is 11.5 Å². The summed E-state index contributed by atoms with van der Waals surface area (Å²) < 4.78 is 6.78. The minimum atomic E-state index is 0.741. The van der Waals surface area contributed by atoms with Crippen molar-refractivity contribution in [2.75, 3.05) is 19.0 Å². The second kappa shape index (κ2) is 5.56. The molecule has 0 amide bonds. The van der Waals surface area contributed by atoms with Crippen molar-refractivity contribution in [1.29, 1.82) is 0 Å². The van der Waals surface area contributed by atoms with E-state index in [1.165, 1.54) is 5.56 Å². The Balaban J connectivity index is 1.58. The molecule has 1 aromatic carbocycles. The largest absolute Gasteiger partial charge is 0.497 e. The van der Waals surface area contributed by atoms with Crippen LogP contribution in [0, 0.1) is 0 Å². The van der Waals surface area contributed by atoms with E-state index in [1.807, 2.05) is 24.3 Å². The van der Waals surface area contributed by atoms with Gasteiger partial charge in [-0.2, -0.15) is 4.52 Å². The van der Waals surface area contributed by atoms with E-state index in [-0.39, 0.29) is 0 Å². The Morgan fingerprint density at radius 1 is 1.15 bits per heavy atom. The molecule has 6 heteroatoms. The standard InChI is InChI=1S/C14H15N5O/c1-20-12-4-2-11(3-5-12)8-9-15-13-6-7-14-17-16-10-19(14)18-13/h2-7,10H,8-9H2,1H3,(H,15,18). The van der Waals surface area contributed by atoms with Gasteiger partial charge in [0.2, 0.25) is 0 Å². The van der Waals surface area contributed by atoms with Crippen LogP contribution >= 0.6 is 0 Å². The van der Waals surface area contributed by atoms with Crippen molar-refractivity contribution in [3.8, 4) is 5.75 Å². The smallest absolute Gasteiger partial charge is 0.177 e. The maximum Gasteiger partial charge on any atom is 0.177 e. The molecule has 102 valence electrons. The first-order valence-corrected chi connectivity index (χ1v) is 6.39. The molecule has 6 nitrogen and oxygen atoms in total. The van der Waals surface area contributed by atoms with Crippen LogP contribution < -0.4 is 10.1 Å². The number of nitrogens with zero attached hydrogens (tertiary/aromatic N) is 4. The Bertz CT molecular complexity index is 692. The second-order valence-electron chi connectivity index (χ2n) is 4.38. The molecule has 0 atom stereocenters. The molecule has 2 heterocycles. The van der Waals surface area contributed by atoms with Gasteiger partial charge in [0.15, 0.2) is 5.65 Å². The second-order valence-corrected chi connectivity index (χ2v) is 4.38. The van der Waals surface area contributed by atoms with E-state index in [2.05, 4.69) is 32.7 Å². The third-order valence-electron chi connectivity index (χ3n) is 3.04. The average Bonchev–Trinajstić information content (AvgIpc) is 2.95. The van der Waals surface area contributed by atoms with Crippen LogP contribution in [0.2, 0.25) is 0 Å². The topological polar surface area (TPSA) is 64.3 Å². The van der Waals surface area contributed by atoms with Crippen molar-refractivity contribution in [3.63, 3.8) is 0 Å². The van der Waals surface area contributed by atoms with Gasteiger partial charge < -0.3 is 10.1 Å². The number of rotatable bonds is 5. The highest BCUT2D eigenvalue weighted by atomic mass is 16.5. The summed E-state index contributed by atoms with van der Waals surface area (Å²) >= 11 is 0. The molecule has 0 spiro atoms. The number of methoxy groups -OCH3 is 1. The maximum absolute atomic E-state index is 5.14. The highest BCUT2D eigenvalue weighted by Gasteiger charge is 1.99. The first-order chi connectivity index (χ1) is 9.85. The first-order valence-electron chi connectivity index (χ1n) is 6.39. The summed E-state index contributed by atoms with van der Waals surface area (Å²) in [5, 5.41) is 15.4. The van der Waals surface area contributed by atoms with Crippen LogP contribution in [0.25, 0.3) is 5.65 Å². The molecule has 1 N–H and O–H groups in total. The molecule has 0 bridgehead atoms. The van der Waals surface area contributed by atoms with E-state index in [4.69, 9.17) is 4.74 Å². The van der Waals surface area contributed by atoms with Crippen LogP contribution in [0.5, 0.6) is 5.75 Å². The lowest BCUT2D eigenvalue weighted by Gasteiger charge is -2.06. The molecule has 0 aliphatic rings. The molecule has 0 unspecified atom stereocenters. The number of aromatic nitrogens is 4. The number of hydrogen-bond donors (Lipinski definition) is 1. The zero-order valence-corrected chi connectivity index (χ0v) is 11.2. The number of fused-ring (bicyclic) bond motifs is 1. The third-order valence-corrected chi connectivity index (χ3v) is 3.04. The van der Waals surface area contributed by atoms with Crippen molar-refractivity contribution in [2.45, 2.75) is 6.42 Å². The molecule has 0 fully saturated rings. The number of nitrogens with one attached hydrogen (secondary N) is 1. The van der Waals surface area contributed by atoms with Crippen LogP contribution in [0.3, 0.4) is 0 Å². The fourth-order valence-electron chi connectivity index (χ4n) is 1.95. The van der Waals surface area contributed by atoms with Crippen LogP contribution in [0.15, 0.2) is 42.7 Å². The summed E-state index contributed by atoms with van der Waals surface area (Å²) in [7, 11) is 1.67. The van der Waals surface area contributed by atoms with Gasteiger partial charge in [0.25, 0.3) is 0 Å². The van der Waals surface area contributed by atoms with Gasteiger partial charge in [-0.1, -0.05) is 12.1 Å². The molecular formula is C14H15N5O. The van der Waals surface area contributed by atoms with Gasteiger partial charge in [-0.05, 0) is 36.2 Å². The SMILES string of the molecule is COc1ccc(CCNc2ccc3nncn3n2)cc1. The van der Waals surface area contributed by atoms with Gasteiger partial charge in [0, 0.05) is 6.54 Å². The molecular weight excluding hydrogens is 254 g/mol. The number of ether oxygens (including phenoxy) is 1. The first kappa shape index (κ1) is 12.4. The molecule has 0 aliphatic carbocycles. The van der Waals surface area contributed by atoms with E-state index < -0.39 is 0 Å².